The second kappa shape index (κ2) is 4.86. The molecular weight excluding hydrogens is 319 g/mol. The minimum atomic E-state index is -1.12. The van der Waals surface area contributed by atoms with E-state index in [9.17, 15) is 4.79 Å². The molecular formula is C12H13IO3. The number of Topliss-reactive ketones (excluding diaryl/α,β-unsaturated/α-hetero) is 1. The average molecular weight is 332 g/mol. The van der Waals surface area contributed by atoms with Gasteiger partial charge in [0, 0.05) is 0 Å². The zero-order valence-corrected chi connectivity index (χ0v) is 11.3. The molecule has 0 fully saturated rings. The van der Waals surface area contributed by atoms with E-state index in [1.807, 2.05) is 18.2 Å². The Labute approximate surface area is 108 Å². The van der Waals surface area contributed by atoms with E-state index >= 15 is 0 Å². The number of ether oxygens (including phenoxy) is 1. The molecule has 1 N–H and O–H groups in total. The van der Waals surface area contributed by atoms with Crippen LogP contribution in [0.1, 0.15) is 13.8 Å². The fourth-order valence-electron chi connectivity index (χ4n) is 1.20. The summed E-state index contributed by atoms with van der Waals surface area (Å²) in [7, 11) is 0. The third-order valence-corrected chi connectivity index (χ3v) is 2.90. The van der Waals surface area contributed by atoms with Crippen LogP contribution < -0.4 is 4.74 Å². The molecule has 0 spiro atoms. The molecule has 0 aliphatic carbocycles. The molecule has 0 saturated heterocycles. The molecule has 0 aliphatic rings. The number of rotatable bonds is 4. The number of aliphatic hydroxyl groups is 1. The monoisotopic (exact) mass is 332 g/mol. The van der Waals surface area contributed by atoms with Crippen molar-refractivity contribution in [2.24, 2.45) is 0 Å². The van der Waals surface area contributed by atoms with E-state index in [4.69, 9.17) is 9.84 Å². The van der Waals surface area contributed by atoms with Gasteiger partial charge in [-0.1, -0.05) is 18.7 Å². The van der Waals surface area contributed by atoms with Crippen LogP contribution in [-0.2, 0) is 4.79 Å². The fourth-order valence-corrected chi connectivity index (χ4v) is 1.69. The molecule has 0 unspecified atom stereocenters. The topological polar surface area (TPSA) is 46.5 Å². The predicted octanol–water partition coefficient (Wildman–Crippen LogP) is 3.09. The van der Waals surface area contributed by atoms with Crippen molar-refractivity contribution >= 4 is 28.4 Å². The number of hydrogen-bond acceptors (Lipinski definition) is 3. The largest absolute Gasteiger partial charge is 0.505 e. The molecule has 0 aliphatic heterocycles. The third kappa shape index (κ3) is 2.98. The molecule has 0 bridgehead atoms. The molecule has 86 valence electrons. The Balaban J connectivity index is 2.93. The summed E-state index contributed by atoms with van der Waals surface area (Å²) in [6, 6.07) is 7.36. The van der Waals surface area contributed by atoms with Crippen LogP contribution in [0.4, 0.5) is 0 Å². The Morgan fingerprint density at radius 2 is 2.00 bits per heavy atom. The molecule has 1 aromatic carbocycles. The molecule has 0 aromatic heterocycles. The summed E-state index contributed by atoms with van der Waals surface area (Å²) < 4.78 is 6.48. The highest BCUT2D eigenvalue weighted by atomic mass is 127. The van der Waals surface area contributed by atoms with E-state index in [-0.39, 0.29) is 0 Å². The number of halogens is 1. The summed E-state index contributed by atoms with van der Waals surface area (Å²) >= 11 is 2.12. The third-order valence-electron chi connectivity index (χ3n) is 2.01. The first-order chi connectivity index (χ1) is 7.34. The molecule has 16 heavy (non-hydrogen) atoms. The van der Waals surface area contributed by atoms with Gasteiger partial charge in [0.1, 0.15) is 5.75 Å². The van der Waals surface area contributed by atoms with Crippen LogP contribution in [0, 0.1) is 3.57 Å². The van der Waals surface area contributed by atoms with Crippen molar-refractivity contribution in [3.05, 3.63) is 40.2 Å². The molecule has 0 radical (unpaired) electrons. The molecule has 1 rings (SSSR count). The highest BCUT2D eigenvalue weighted by Crippen LogP contribution is 2.25. The zero-order chi connectivity index (χ0) is 12.3. The lowest BCUT2D eigenvalue weighted by Gasteiger charge is -2.24. The Morgan fingerprint density at radius 3 is 2.50 bits per heavy atom. The Kier molecular flexibility index (Phi) is 3.96. The first-order valence-electron chi connectivity index (χ1n) is 4.71. The van der Waals surface area contributed by atoms with Gasteiger partial charge in [0.25, 0.3) is 0 Å². The van der Waals surface area contributed by atoms with Crippen molar-refractivity contribution in [3.8, 4) is 5.75 Å². The number of hydrogen-bond donors (Lipinski definition) is 1. The zero-order valence-electron chi connectivity index (χ0n) is 9.16. The van der Waals surface area contributed by atoms with Crippen molar-refractivity contribution in [3.63, 3.8) is 0 Å². The minimum Gasteiger partial charge on any atom is -0.505 e. The lowest BCUT2D eigenvalue weighted by Crippen LogP contribution is -2.39. The first kappa shape index (κ1) is 13.0. The van der Waals surface area contributed by atoms with Crippen LogP contribution in [0.2, 0.25) is 0 Å². The van der Waals surface area contributed by atoms with Crippen molar-refractivity contribution in [1.29, 1.82) is 0 Å². The van der Waals surface area contributed by atoms with Gasteiger partial charge in [-0.15, -0.1) is 0 Å². The van der Waals surface area contributed by atoms with Crippen LogP contribution in [0.3, 0.4) is 0 Å². The van der Waals surface area contributed by atoms with Crippen molar-refractivity contribution < 1.29 is 14.6 Å². The summed E-state index contributed by atoms with van der Waals surface area (Å²) in [5.74, 6) is -0.397. The van der Waals surface area contributed by atoms with Gasteiger partial charge >= 0.3 is 0 Å². The lowest BCUT2D eigenvalue weighted by atomic mass is 10.0. The average Bonchev–Trinajstić information content (AvgIpc) is 2.20. The van der Waals surface area contributed by atoms with E-state index in [0.29, 0.717) is 5.75 Å². The molecule has 0 heterocycles. The summed E-state index contributed by atoms with van der Waals surface area (Å²) in [6.07, 6.45) is 0. The smallest absolute Gasteiger partial charge is 0.239 e. The van der Waals surface area contributed by atoms with E-state index in [1.54, 1.807) is 19.9 Å². The van der Waals surface area contributed by atoms with E-state index in [1.165, 1.54) is 0 Å². The summed E-state index contributed by atoms with van der Waals surface area (Å²) in [5.41, 5.74) is -1.12. The minimum absolute atomic E-state index is 0.490. The standard InChI is InChI=1S/C12H13IO3/c1-8(14)11(15)12(2,3)16-10-7-5-4-6-9(10)13/h4-7,14H,1H2,2-3H3. The SMILES string of the molecule is C=C(O)C(=O)C(C)(C)Oc1ccccc1I. The maximum atomic E-state index is 11.6. The number of para-hydroxylation sites is 1. The molecule has 1 aromatic rings. The number of aliphatic hydroxyl groups excluding tert-OH is 1. The summed E-state index contributed by atoms with van der Waals surface area (Å²) in [6.45, 7) is 6.40. The second-order valence-electron chi connectivity index (χ2n) is 3.82. The normalized spacial score (nSPS) is 10.9. The highest BCUT2D eigenvalue weighted by Gasteiger charge is 2.32. The number of benzene rings is 1. The van der Waals surface area contributed by atoms with Crippen molar-refractivity contribution in [1.82, 2.24) is 0 Å². The van der Waals surface area contributed by atoms with Crippen LogP contribution in [0.25, 0.3) is 0 Å². The summed E-state index contributed by atoms with van der Waals surface area (Å²) in [4.78, 5) is 11.6. The van der Waals surface area contributed by atoms with Crippen LogP contribution in [0.15, 0.2) is 36.6 Å². The van der Waals surface area contributed by atoms with E-state index in [2.05, 4.69) is 29.2 Å². The fraction of sp³-hybridized carbons (Fsp3) is 0.250. The molecule has 0 atom stereocenters. The molecule has 3 nitrogen and oxygen atoms in total. The molecule has 4 heteroatoms. The van der Waals surface area contributed by atoms with Gasteiger partial charge in [-0.05, 0) is 48.6 Å². The second-order valence-corrected chi connectivity index (χ2v) is 4.98. The van der Waals surface area contributed by atoms with Gasteiger partial charge < -0.3 is 9.84 Å². The maximum absolute atomic E-state index is 11.6. The van der Waals surface area contributed by atoms with Gasteiger partial charge in [-0.25, -0.2) is 0 Å². The van der Waals surface area contributed by atoms with Gasteiger partial charge in [-0.2, -0.15) is 0 Å². The number of carbonyl (C=O) groups excluding carboxylic acids is 1. The van der Waals surface area contributed by atoms with Crippen LogP contribution in [-0.4, -0.2) is 16.5 Å². The van der Waals surface area contributed by atoms with Gasteiger partial charge in [0.2, 0.25) is 5.78 Å². The quantitative estimate of drug-likeness (QED) is 0.524. The van der Waals surface area contributed by atoms with E-state index < -0.39 is 17.1 Å². The summed E-state index contributed by atoms with van der Waals surface area (Å²) in [5, 5.41) is 9.08. The Hall–Kier alpha value is -1.04. The maximum Gasteiger partial charge on any atom is 0.239 e. The predicted molar refractivity (Wildman–Crippen MR) is 70.6 cm³/mol. The lowest BCUT2D eigenvalue weighted by molar-refractivity contribution is -0.130. The Bertz CT molecular complexity index is 424. The van der Waals surface area contributed by atoms with Crippen LogP contribution >= 0.6 is 22.6 Å². The van der Waals surface area contributed by atoms with Gasteiger partial charge in [0.15, 0.2) is 11.4 Å². The molecule has 0 saturated carbocycles. The van der Waals surface area contributed by atoms with Crippen molar-refractivity contribution in [2.75, 3.05) is 0 Å². The van der Waals surface area contributed by atoms with Gasteiger partial charge in [0.05, 0.1) is 3.57 Å². The first-order valence-corrected chi connectivity index (χ1v) is 5.78. The Morgan fingerprint density at radius 1 is 1.44 bits per heavy atom. The molecule has 0 amide bonds. The van der Waals surface area contributed by atoms with E-state index in [0.717, 1.165) is 3.57 Å². The van der Waals surface area contributed by atoms with Gasteiger partial charge in [-0.3, -0.25) is 4.79 Å². The number of ketones is 1. The number of carbonyl (C=O) groups is 1. The van der Waals surface area contributed by atoms with Crippen LogP contribution in [0.5, 0.6) is 5.75 Å². The highest BCUT2D eigenvalue weighted by molar-refractivity contribution is 14.1. The van der Waals surface area contributed by atoms with Crippen molar-refractivity contribution in [2.45, 2.75) is 19.4 Å².